The summed E-state index contributed by atoms with van der Waals surface area (Å²) >= 11 is 0. The number of nitrogens with zero attached hydrogens (tertiary/aromatic N) is 3. The van der Waals surface area contributed by atoms with Crippen molar-refractivity contribution in [1.29, 1.82) is 0 Å². The Bertz CT molecular complexity index is 935. The van der Waals surface area contributed by atoms with Crippen LogP contribution in [0.2, 0.25) is 0 Å². The van der Waals surface area contributed by atoms with Gasteiger partial charge in [0.1, 0.15) is 24.0 Å². The molecule has 0 unspecified atom stereocenters. The lowest BCUT2D eigenvalue weighted by molar-refractivity contribution is 0.103. The topological polar surface area (TPSA) is 73.4 Å². The number of hydrogen-bond acceptors (Lipinski definition) is 5. The molecule has 0 atom stereocenters. The van der Waals surface area contributed by atoms with Crippen molar-refractivity contribution in [2.75, 3.05) is 33.0 Å². The first-order valence-electron chi connectivity index (χ1n) is 8.47. The Hall–Kier alpha value is -3.19. The summed E-state index contributed by atoms with van der Waals surface area (Å²) in [5.74, 6) is 0.212. The summed E-state index contributed by atoms with van der Waals surface area (Å²) in [6, 6.07) is 12.7. The highest BCUT2D eigenvalue weighted by Crippen LogP contribution is 2.22. The van der Waals surface area contributed by atoms with Gasteiger partial charge >= 0.3 is 0 Å². The van der Waals surface area contributed by atoms with Crippen LogP contribution in [0.15, 0.2) is 54.7 Å². The van der Waals surface area contributed by atoms with E-state index >= 15 is 0 Å². The van der Waals surface area contributed by atoms with Crippen LogP contribution in [0.5, 0.6) is 5.75 Å². The average molecular weight is 368 g/mol. The van der Waals surface area contributed by atoms with Crippen molar-refractivity contribution >= 4 is 11.6 Å². The number of likely N-dealkylation sites (N-methyl/N-ethyl adjacent to an activating group) is 1. The van der Waals surface area contributed by atoms with E-state index in [4.69, 9.17) is 10.5 Å². The van der Waals surface area contributed by atoms with Crippen LogP contribution in [-0.4, -0.2) is 47.7 Å². The van der Waals surface area contributed by atoms with Crippen LogP contribution in [0.1, 0.15) is 15.9 Å². The van der Waals surface area contributed by atoms with E-state index in [1.807, 2.05) is 19.0 Å². The van der Waals surface area contributed by atoms with Gasteiger partial charge in [-0.1, -0.05) is 12.1 Å². The maximum Gasteiger partial charge on any atom is 0.198 e. The van der Waals surface area contributed by atoms with Crippen LogP contribution in [0, 0.1) is 5.82 Å². The summed E-state index contributed by atoms with van der Waals surface area (Å²) in [5.41, 5.74) is 7.43. The number of hydrogen-bond donors (Lipinski definition) is 1. The fraction of sp³-hybridized carbons (Fsp3) is 0.200. The van der Waals surface area contributed by atoms with Crippen molar-refractivity contribution in [3.05, 3.63) is 71.7 Å². The van der Waals surface area contributed by atoms with E-state index in [9.17, 15) is 9.18 Å². The molecule has 0 aliphatic rings. The zero-order valence-electron chi connectivity index (χ0n) is 15.2. The van der Waals surface area contributed by atoms with E-state index in [-0.39, 0.29) is 23.0 Å². The van der Waals surface area contributed by atoms with Crippen molar-refractivity contribution in [3.8, 4) is 11.4 Å². The van der Waals surface area contributed by atoms with Gasteiger partial charge in [0, 0.05) is 12.1 Å². The first-order valence-corrected chi connectivity index (χ1v) is 8.47. The summed E-state index contributed by atoms with van der Waals surface area (Å²) in [4.78, 5) is 14.9. The molecule has 0 amide bonds. The minimum atomic E-state index is -0.355. The fourth-order valence-electron chi connectivity index (χ4n) is 2.55. The number of aromatic nitrogens is 2. The van der Waals surface area contributed by atoms with Crippen molar-refractivity contribution < 1.29 is 13.9 Å². The minimum absolute atomic E-state index is 0.200. The van der Waals surface area contributed by atoms with Crippen molar-refractivity contribution in [2.45, 2.75) is 0 Å². The first kappa shape index (κ1) is 18.6. The molecule has 0 radical (unpaired) electrons. The molecule has 1 heterocycles. The van der Waals surface area contributed by atoms with Gasteiger partial charge < -0.3 is 15.4 Å². The quantitative estimate of drug-likeness (QED) is 0.649. The number of halogens is 1. The van der Waals surface area contributed by atoms with Crippen LogP contribution < -0.4 is 10.5 Å². The summed E-state index contributed by atoms with van der Waals surface area (Å²) in [6.45, 7) is 1.30. The zero-order valence-corrected chi connectivity index (χ0v) is 15.2. The Labute approximate surface area is 157 Å². The number of nitrogen functional groups attached to an aromatic ring is 1. The average Bonchev–Trinajstić information content (AvgIpc) is 3.03. The van der Waals surface area contributed by atoms with Crippen LogP contribution >= 0.6 is 0 Å². The second-order valence-corrected chi connectivity index (χ2v) is 6.34. The standard InChI is InChI=1S/C20H21FN4O2/c1-24(2)10-11-27-17-5-3-4-14(12-17)19(26)18-13-23-25(20(18)22)16-8-6-15(21)7-9-16/h3-9,12-13H,10-11,22H2,1-2H3. The highest BCUT2D eigenvalue weighted by Gasteiger charge is 2.18. The molecule has 27 heavy (non-hydrogen) atoms. The smallest absolute Gasteiger partial charge is 0.198 e. The number of carbonyl (C=O) groups is 1. The SMILES string of the molecule is CN(C)CCOc1cccc(C(=O)c2cnn(-c3ccc(F)cc3)c2N)c1. The predicted octanol–water partition coefficient (Wildman–Crippen LogP) is 2.76. The second-order valence-electron chi connectivity index (χ2n) is 6.34. The summed E-state index contributed by atoms with van der Waals surface area (Å²) in [7, 11) is 3.93. The number of anilines is 1. The number of nitrogens with two attached hydrogens (primary N) is 1. The summed E-state index contributed by atoms with van der Waals surface area (Å²) in [5, 5.41) is 4.17. The maximum atomic E-state index is 13.1. The molecule has 0 saturated heterocycles. The van der Waals surface area contributed by atoms with Crippen LogP contribution in [0.25, 0.3) is 5.69 Å². The maximum absolute atomic E-state index is 13.1. The van der Waals surface area contributed by atoms with Gasteiger partial charge in [-0.05, 0) is 50.5 Å². The Morgan fingerprint density at radius 2 is 1.96 bits per heavy atom. The van der Waals surface area contributed by atoms with E-state index in [0.717, 1.165) is 6.54 Å². The van der Waals surface area contributed by atoms with Gasteiger partial charge in [-0.15, -0.1) is 0 Å². The Balaban J connectivity index is 1.81. The molecule has 7 heteroatoms. The molecule has 2 aromatic carbocycles. The van der Waals surface area contributed by atoms with Gasteiger partial charge in [0.25, 0.3) is 0 Å². The lowest BCUT2D eigenvalue weighted by atomic mass is 10.1. The first-order chi connectivity index (χ1) is 13.0. The van der Waals surface area contributed by atoms with E-state index in [1.165, 1.54) is 23.0 Å². The van der Waals surface area contributed by atoms with Gasteiger partial charge in [-0.2, -0.15) is 5.10 Å². The molecule has 3 aromatic rings. The third-order valence-corrected chi connectivity index (χ3v) is 4.03. The summed E-state index contributed by atoms with van der Waals surface area (Å²) in [6.07, 6.45) is 1.42. The third kappa shape index (κ3) is 4.32. The van der Waals surface area contributed by atoms with Gasteiger partial charge in [0.05, 0.1) is 17.4 Å². The largest absolute Gasteiger partial charge is 0.492 e. The fourth-order valence-corrected chi connectivity index (χ4v) is 2.55. The molecule has 0 aliphatic carbocycles. The molecule has 0 fully saturated rings. The second kappa shape index (κ2) is 8.01. The molecule has 0 aliphatic heterocycles. The number of benzene rings is 2. The van der Waals surface area contributed by atoms with Crippen LogP contribution in [0.4, 0.5) is 10.2 Å². The molecule has 140 valence electrons. The third-order valence-electron chi connectivity index (χ3n) is 4.03. The van der Waals surface area contributed by atoms with Crippen molar-refractivity contribution in [3.63, 3.8) is 0 Å². The molecular weight excluding hydrogens is 347 g/mol. The molecule has 0 spiro atoms. The highest BCUT2D eigenvalue weighted by atomic mass is 19.1. The molecule has 0 saturated carbocycles. The Morgan fingerprint density at radius 1 is 1.22 bits per heavy atom. The normalized spacial score (nSPS) is 11.0. The summed E-state index contributed by atoms with van der Waals surface area (Å²) < 4.78 is 20.2. The zero-order chi connectivity index (χ0) is 19.4. The van der Waals surface area contributed by atoms with Crippen molar-refractivity contribution in [2.24, 2.45) is 0 Å². The molecular formula is C20H21FN4O2. The van der Waals surface area contributed by atoms with Crippen LogP contribution in [-0.2, 0) is 0 Å². The van der Waals surface area contributed by atoms with Gasteiger partial charge in [0.2, 0.25) is 0 Å². The molecule has 0 bridgehead atoms. The molecule has 1 aromatic heterocycles. The van der Waals surface area contributed by atoms with E-state index in [1.54, 1.807) is 36.4 Å². The monoisotopic (exact) mass is 368 g/mol. The van der Waals surface area contributed by atoms with E-state index in [0.29, 0.717) is 23.6 Å². The van der Waals surface area contributed by atoms with Crippen LogP contribution in [0.3, 0.4) is 0 Å². The molecule has 2 N–H and O–H groups in total. The molecule has 6 nitrogen and oxygen atoms in total. The number of rotatable bonds is 7. The van der Waals surface area contributed by atoms with Gasteiger partial charge in [-0.3, -0.25) is 4.79 Å². The van der Waals surface area contributed by atoms with Crippen molar-refractivity contribution in [1.82, 2.24) is 14.7 Å². The Morgan fingerprint density at radius 3 is 2.67 bits per heavy atom. The number of carbonyl (C=O) groups excluding carboxylic acids is 1. The molecule has 3 rings (SSSR count). The lowest BCUT2D eigenvalue weighted by Gasteiger charge is -2.11. The van der Waals surface area contributed by atoms with E-state index in [2.05, 4.69) is 5.10 Å². The number of ketones is 1. The number of ether oxygens (including phenoxy) is 1. The van der Waals surface area contributed by atoms with Gasteiger partial charge in [-0.25, -0.2) is 9.07 Å². The lowest BCUT2D eigenvalue weighted by Crippen LogP contribution is -2.19. The minimum Gasteiger partial charge on any atom is -0.492 e. The predicted molar refractivity (Wildman–Crippen MR) is 102 cm³/mol. The Kier molecular flexibility index (Phi) is 5.52. The van der Waals surface area contributed by atoms with E-state index < -0.39 is 0 Å². The highest BCUT2D eigenvalue weighted by molar-refractivity contribution is 6.11. The van der Waals surface area contributed by atoms with Gasteiger partial charge in [0.15, 0.2) is 5.78 Å².